The fourth-order valence-corrected chi connectivity index (χ4v) is 2.00. The highest BCUT2D eigenvalue weighted by Gasteiger charge is 2.25. The summed E-state index contributed by atoms with van der Waals surface area (Å²) in [6, 6.07) is 4.91. The summed E-state index contributed by atoms with van der Waals surface area (Å²) in [6.45, 7) is 0.192. The predicted octanol–water partition coefficient (Wildman–Crippen LogP) is 4.56. The summed E-state index contributed by atoms with van der Waals surface area (Å²) < 4.78 is 36.3. The van der Waals surface area contributed by atoms with E-state index < -0.39 is 18.5 Å². The van der Waals surface area contributed by atoms with Crippen LogP contribution in [0.25, 0.3) is 0 Å². The van der Waals surface area contributed by atoms with Crippen LogP contribution in [-0.4, -0.2) is 18.6 Å². The SMILES string of the molecule is O=C(NCCCCC(F)(F)F)c1cccc(Br)c1Cl. The molecule has 0 fully saturated rings. The van der Waals surface area contributed by atoms with Crippen molar-refractivity contribution in [2.45, 2.75) is 25.4 Å². The van der Waals surface area contributed by atoms with Crippen molar-refractivity contribution in [3.05, 3.63) is 33.3 Å². The number of unbranched alkanes of at least 4 members (excludes halogenated alkanes) is 1. The van der Waals surface area contributed by atoms with Gasteiger partial charge in [0, 0.05) is 17.4 Å². The molecule has 0 unspecified atom stereocenters. The Hall–Kier alpha value is -0.750. The van der Waals surface area contributed by atoms with Crippen LogP contribution in [0.1, 0.15) is 29.6 Å². The highest BCUT2D eigenvalue weighted by molar-refractivity contribution is 9.10. The first kappa shape index (κ1) is 16.3. The second kappa shape index (κ2) is 7.14. The van der Waals surface area contributed by atoms with Gasteiger partial charge in [0.1, 0.15) is 0 Å². The molecule has 0 saturated heterocycles. The Kier molecular flexibility index (Phi) is 6.13. The van der Waals surface area contributed by atoms with E-state index in [1.807, 2.05) is 0 Å². The molecule has 0 heterocycles. The van der Waals surface area contributed by atoms with E-state index in [2.05, 4.69) is 21.2 Å². The predicted molar refractivity (Wildman–Crippen MR) is 71.4 cm³/mol. The lowest BCUT2D eigenvalue weighted by molar-refractivity contribution is -0.135. The largest absolute Gasteiger partial charge is 0.389 e. The lowest BCUT2D eigenvalue weighted by atomic mass is 10.2. The topological polar surface area (TPSA) is 29.1 Å². The molecule has 0 spiro atoms. The molecule has 0 bridgehead atoms. The van der Waals surface area contributed by atoms with Gasteiger partial charge in [-0.05, 0) is 40.9 Å². The summed E-state index contributed by atoms with van der Waals surface area (Å²) >= 11 is 9.12. The summed E-state index contributed by atoms with van der Waals surface area (Å²) in [4.78, 5) is 11.7. The minimum absolute atomic E-state index is 0.00397. The van der Waals surface area contributed by atoms with Crippen molar-refractivity contribution >= 4 is 33.4 Å². The zero-order chi connectivity index (χ0) is 14.5. The van der Waals surface area contributed by atoms with Crippen LogP contribution in [0.15, 0.2) is 22.7 Å². The fourth-order valence-electron chi connectivity index (χ4n) is 1.43. The zero-order valence-corrected chi connectivity index (χ0v) is 12.2. The van der Waals surface area contributed by atoms with Crippen molar-refractivity contribution in [3.63, 3.8) is 0 Å². The van der Waals surface area contributed by atoms with Crippen molar-refractivity contribution in [2.75, 3.05) is 6.54 Å². The van der Waals surface area contributed by atoms with E-state index >= 15 is 0 Å². The lowest BCUT2D eigenvalue weighted by Gasteiger charge is -2.08. The van der Waals surface area contributed by atoms with Crippen molar-refractivity contribution in [2.24, 2.45) is 0 Å². The van der Waals surface area contributed by atoms with Gasteiger partial charge in [-0.2, -0.15) is 13.2 Å². The molecule has 2 nitrogen and oxygen atoms in total. The Morgan fingerprint density at radius 1 is 1.32 bits per heavy atom. The van der Waals surface area contributed by atoms with Crippen LogP contribution in [0.5, 0.6) is 0 Å². The van der Waals surface area contributed by atoms with E-state index in [4.69, 9.17) is 11.6 Å². The molecule has 1 N–H and O–H groups in total. The van der Waals surface area contributed by atoms with Gasteiger partial charge in [0.25, 0.3) is 5.91 Å². The van der Waals surface area contributed by atoms with Crippen LogP contribution in [0.3, 0.4) is 0 Å². The van der Waals surface area contributed by atoms with Crippen molar-refractivity contribution in [1.29, 1.82) is 0 Å². The summed E-state index contributed by atoms with van der Waals surface area (Å²) in [5, 5.41) is 2.83. The van der Waals surface area contributed by atoms with Crippen molar-refractivity contribution < 1.29 is 18.0 Å². The van der Waals surface area contributed by atoms with E-state index in [1.165, 1.54) is 0 Å². The fraction of sp³-hybridized carbons (Fsp3) is 0.417. The summed E-state index contributed by atoms with van der Waals surface area (Å²) in [7, 11) is 0. The van der Waals surface area contributed by atoms with E-state index in [1.54, 1.807) is 18.2 Å². The second-order valence-corrected chi connectivity index (χ2v) is 5.16. The third-order valence-corrected chi connectivity index (χ3v) is 3.67. The maximum atomic E-state index is 11.9. The molecule has 7 heteroatoms. The number of amides is 1. The number of benzene rings is 1. The van der Waals surface area contributed by atoms with Crippen LogP contribution in [0, 0.1) is 0 Å². The van der Waals surface area contributed by atoms with Gasteiger partial charge in [-0.1, -0.05) is 17.7 Å². The maximum absolute atomic E-state index is 11.9. The Morgan fingerprint density at radius 2 is 2.00 bits per heavy atom. The van der Waals surface area contributed by atoms with Crippen LogP contribution in [-0.2, 0) is 0 Å². The molecule has 0 atom stereocenters. The Bertz CT molecular complexity index is 451. The number of halogens is 5. The van der Waals surface area contributed by atoms with Crippen LogP contribution in [0.4, 0.5) is 13.2 Å². The number of nitrogens with one attached hydrogen (secondary N) is 1. The standard InChI is InChI=1S/C12H12BrClF3NO/c13-9-5-3-4-8(10(9)14)11(19)18-7-2-1-6-12(15,16)17/h3-5H,1-2,6-7H2,(H,18,19). The molecule has 0 saturated carbocycles. The molecule has 1 amide bonds. The van der Waals surface area contributed by atoms with Gasteiger partial charge < -0.3 is 5.32 Å². The first-order valence-electron chi connectivity index (χ1n) is 5.60. The lowest BCUT2D eigenvalue weighted by Crippen LogP contribution is -2.25. The Balaban J connectivity index is 2.38. The molecule has 0 aromatic heterocycles. The number of carbonyl (C=O) groups is 1. The molecule has 0 aliphatic rings. The molecule has 106 valence electrons. The smallest absolute Gasteiger partial charge is 0.352 e. The first-order chi connectivity index (χ1) is 8.81. The van der Waals surface area contributed by atoms with Crippen LogP contribution in [0.2, 0.25) is 5.02 Å². The summed E-state index contributed by atoms with van der Waals surface area (Å²) in [5.74, 6) is -0.390. The van der Waals surface area contributed by atoms with Crippen molar-refractivity contribution in [1.82, 2.24) is 5.32 Å². The summed E-state index contributed by atoms with van der Waals surface area (Å²) in [6.07, 6.45) is -4.70. The number of hydrogen-bond acceptors (Lipinski definition) is 1. The number of rotatable bonds is 5. The number of alkyl halides is 3. The minimum atomic E-state index is -4.14. The molecular weight excluding hydrogens is 346 g/mol. The molecule has 19 heavy (non-hydrogen) atoms. The van der Waals surface area contributed by atoms with E-state index in [9.17, 15) is 18.0 Å². The third-order valence-electron chi connectivity index (χ3n) is 2.37. The molecule has 1 aromatic rings. The van der Waals surface area contributed by atoms with Gasteiger partial charge in [0.2, 0.25) is 0 Å². The highest BCUT2D eigenvalue weighted by Crippen LogP contribution is 2.26. The third kappa shape index (κ3) is 5.82. The van der Waals surface area contributed by atoms with Gasteiger partial charge in [-0.25, -0.2) is 0 Å². The monoisotopic (exact) mass is 357 g/mol. The van der Waals surface area contributed by atoms with Crippen LogP contribution < -0.4 is 5.32 Å². The first-order valence-corrected chi connectivity index (χ1v) is 6.77. The van der Waals surface area contributed by atoms with E-state index in [-0.39, 0.29) is 24.4 Å². The average molecular weight is 359 g/mol. The molecule has 1 rings (SSSR count). The van der Waals surface area contributed by atoms with E-state index in [0.29, 0.717) is 10.0 Å². The highest BCUT2D eigenvalue weighted by atomic mass is 79.9. The maximum Gasteiger partial charge on any atom is 0.389 e. The molecule has 0 aliphatic heterocycles. The zero-order valence-electron chi connectivity index (χ0n) is 9.86. The molecular formula is C12H12BrClF3NO. The molecule has 0 radical (unpaired) electrons. The normalized spacial score (nSPS) is 11.4. The Labute approximate surface area is 122 Å². The molecule has 0 aliphatic carbocycles. The van der Waals surface area contributed by atoms with Crippen LogP contribution >= 0.6 is 27.5 Å². The number of carbonyl (C=O) groups excluding carboxylic acids is 1. The van der Waals surface area contributed by atoms with Crippen molar-refractivity contribution in [3.8, 4) is 0 Å². The van der Waals surface area contributed by atoms with Gasteiger partial charge in [0.05, 0.1) is 10.6 Å². The van der Waals surface area contributed by atoms with Gasteiger partial charge >= 0.3 is 6.18 Å². The molecule has 1 aromatic carbocycles. The number of hydrogen-bond donors (Lipinski definition) is 1. The van der Waals surface area contributed by atoms with Gasteiger partial charge in [-0.15, -0.1) is 0 Å². The van der Waals surface area contributed by atoms with Gasteiger partial charge in [0.15, 0.2) is 0 Å². The summed E-state index contributed by atoms with van der Waals surface area (Å²) in [5.41, 5.74) is 0.298. The quantitative estimate of drug-likeness (QED) is 0.768. The van der Waals surface area contributed by atoms with Gasteiger partial charge in [-0.3, -0.25) is 4.79 Å². The Morgan fingerprint density at radius 3 is 2.63 bits per heavy atom. The average Bonchev–Trinajstić information content (AvgIpc) is 2.30. The van der Waals surface area contributed by atoms with E-state index in [0.717, 1.165) is 0 Å². The minimum Gasteiger partial charge on any atom is -0.352 e. The second-order valence-electron chi connectivity index (χ2n) is 3.93.